The highest BCUT2D eigenvalue weighted by atomic mass is 32.2. The summed E-state index contributed by atoms with van der Waals surface area (Å²) in [5.74, 6) is -0.736. The highest BCUT2D eigenvalue weighted by Crippen LogP contribution is 2.12. The van der Waals surface area contributed by atoms with E-state index in [4.69, 9.17) is 4.74 Å². The maximum atomic E-state index is 11.8. The van der Waals surface area contributed by atoms with E-state index in [9.17, 15) is 13.2 Å². The Bertz CT molecular complexity index is 493. The highest BCUT2D eigenvalue weighted by molar-refractivity contribution is 7.89. The van der Waals surface area contributed by atoms with E-state index in [-0.39, 0.29) is 17.2 Å². The van der Waals surface area contributed by atoms with Crippen LogP contribution in [0.2, 0.25) is 0 Å². The normalized spacial score (nSPS) is 11.8. The molecule has 0 spiro atoms. The first-order chi connectivity index (χ1) is 7.88. The van der Waals surface area contributed by atoms with Gasteiger partial charge in [-0.05, 0) is 6.92 Å². The van der Waals surface area contributed by atoms with Crippen LogP contribution in [0.4, 0.5) is 0 Å². The molecule has 0 amide bonds. The van der Waals surface area contributed by atoms with E-state index in [2.05, 4.69) is 15.0 Å². The van der Waals surface area contributed by atoms with Crippen molar-refractivity contribution in [2.75, 3.05) is 20.7 Å². The van der Waals surface area contributed by atoms with Crippen molar-refractivity contribution in [1.82, 2.24) is 20.0 Å². The van der Waals surface area contributed by atoms with E-state index >= 15 is 0 Å². The van der Waals surface area contributed by atoms with Crippen molar-refractivity contribution in [3.05, 3.63) is 11.8 Å². The Kier molecular flexibility index (Phi) is 4.21. The third-order valence-corrected chi connectivity index (χ3v) is 3.13. The number of rotatable bonds is 5. The van der Waals surface area contributed by atoms with E-state index in [1.807, 2.05) is 0 Å². The number of ether oxygens (including phenoxy) is 1. The highest BCUT2D eigenvalue weighted by Gasteiger charge is 2.26. The molecular formula is C8H14N4O4S. The molecule has 1 rings (SSSR count). The van der Waals surface area contributed by atoms with Crippen molar-refractivity contribution < 1.29 is 17.9 Å². The number of hydrogen-bond donors (Lipinski definition) is 2. The molecule has 0 aliphatic rings. The molecule has 0 fully saturated rings. The second kappa shape index (κ2) is 5.25. The Morgan fingerprint density at radius 1 is 1.59 bits per heavy atom. The maximum absolute atomic E-state index is 11.8. The van der Waals surface area contributed by atoms with Crippen molar-refractivity contribution in [1.29, 1.82) is 0 Å². The molecule has 0 atom stereocenters. The zero-order valence-corrected chi connectivity index (χ0v) is 10.5. The molecule has 0 unspecified atom stereocenters. The maximum Gasteiger partial charge on any atom is 0.342 e. The average Bonchev–Trinajstić information content (AvgIpc) is 2.64. The Morgan fingerprint density at radius 2 is 2.24 bits per heavy atom. The smallest absolute Gasteiger partial charge is 0.342 e. The lowest BCUT2D eigenvalue weighted by Gasteiger charge is -2.11. The molecular weight excluding hydrogens is 248 g/mol. The van der Waals surface area contributed by atoms with Gasteiger partial charge in [0.1, 0.15) is 5.56 Å². The minimum atomic E-state index is -3.85. The fraction of sp³-hybridized carbons (Fsp3) is 0.500. The lowest BCUT2D eigenvalue weighted by Crippen LogP contribution is -2.37. The number of nitrogens with zero attached hydrogens (tertiary/aromatic N) is 2. The number of aromatic amines is 1. The largest absolute Gasteiger partial charge is 0.462 e. The van der Waals surface area contributed by atoms with Crippen LogP contribution in [0.3, 0.4) is 0 Å². The van der Waals surface area contributed by atoms with Crippen molar-refractivity contribution >= 4 is 16.0 Å². The van der Waals surface area contributed by atoms with Crippen LogP contribution in [0.15, 0.2) is 11.2 Å². The number of esters is 1. The van der Waals surface area contributed by atoms with Gasteiger partial charge in [0.05, 0.1) is 12.8 Å². The summed E-state index contributed by atoms with van der Waals surface area (Å²) < 4.78 is 28.3. The molecule has 1 heterocycles. The summed E-state index contributed by atoms with van der Waals surface area (Å²) in [6, 6.07) is 0. The molecule has 0 bridgehead atoms. The quantitative estimate of drug-likeness (QED) is 0.539. The molecule has 17 heavy (non-hydrogen) atoms. The number of aromatic nitrogens is 2. The van der Waals surface area contributed by atoms with Gasteiger partial charge in [0.2, 0.25) is 0 Å². The van der Waals surface area contributed by atoms with E-state index in [0.717, 1.165) is 6.20 Å². The van der Waals surface area contributed by atoms with E-state index in [1.165, 1.54) is 19.1 Å². The number of H-pyrrole nitrogens is 1. The Morgan fingerprint density at radius 3 is 2.76 bits per heavy atom. The summed E-state index contributed by atoms with van der Waals surface area (Å²) in [5, 5.41) is 6.72. The number of sulfonamides is 1. The summed E-state index contributed by atoms with van der Waals surface area (Å²) in [5.41, 5.74) is -0.124. The third-order valence-electron chi connectivity index (χ3n) is 1.67. The standard InChI is InChI=1S/C8H14N4O4S/c1-4-16-8(13)6-5-9-10-7(6)17(14,15)11-12(2)3/h5,11H,4H2,1-3H3,(H,9,10). The molecule has 96 valence electrons. The summed E-state index contributed by atoms with van der Waals surface area (Å²) in [6.07, 6.45) is 1.11. The zero-order valence-electron chi connectivity index (χ0n) is 9.72. The van der Waals surface area contributed by atoms with E-state index in [0.29, 0.717) is 0 Å². The second-order valence-corrected chi connectivity index (χ2v) is 4.92. The molecule has 8 nitrogen and oxygen atoms in total. The Labute approximate surface area is 99.0 Å². The number of carbonyl (C=O) groups excluding carboxylic acids is 1. The number of hydrogen-bond acceptors (Lipinski definition) is 6. The molecule has 0 aliphatic carbocycles. The molecule has 0 aromatic carbocycles. The van der Waals surface area contributed by atoms with Gasteiger partial charge in [-0.2, -0.15) is 5.10 Å². The van der Waals surface area contributed by atoms with Crippen LogP contribution < -0.4 is 4.83 Å². The van der Waals surface area contributed by atoms with Crippen LogP contribution in [-0.4, -0.2) is 50.3 Å². The van der Waals surface area contributed by atoms with Crippen LogP contribution >= 0.6 is 0 Å². The van der Waals surface area contributed by atoms with Crippen LogP contribution in [0, 0.1) is 0 Å². The van der Waals surface area contributed by atoms with Gasteiger partial charge in [-0.25, -0.2) is 18.2 Å². The summed E-state index contributed by atoms with van der Waals surface area (Å²) >= 11 is 0. The summed E-state index contributed by atoms with van der Waals surface area (Å²) in [6.45, 7) is 1.79. The Balaban J connectivity index is 3.08. The molecule has 0 saturated heterocycles. The van der Waals surface area contributed by atoms with Gasteiger partial charge in [0, 0.05) is 14.1 Å². The van der Waals surface area contributed by atoms with Crippen molar-refractivity contribution in [2.45, 2.75) is 11.9 Å². The first kappa shape index (κ1) is 13.6. The molecule has 1 aromatic rings. The molecule has 1 aromatic heterocycles. The van der Waals surface area contributed by atoms with E-state index < -0.39 is 16.0 Å². The van der Waals surface area contributed by atoms with Crippen LogP contribution in [0.25, 0.3) is 0 Å². The van der Waals surface area contributed by atoms with Crippen LogP contribution in [0.1, 0.15) is 17.3 Å². The first-order valence-electron chi connectivity index (χ1n) is 4.78. The van der Waals surface area contributed by atoms with Gasteiger partial charge in [0.25, 0.3) is 10.0 Å². The van der Waals surface area contributed by atoms with E-state index in [1.54, 1.807) is 6.92 Å². The van der Waals surface area contributed by atoms with Gasteiger partial charge < -0.3 is 4.74 Å². The van der Waals surface area contributed by atoms with Gasteiger partial charge in [0.15, 0.2) is 5.03 Å². The second-order valence-electron chi connectivity index (χ2n) is 3.32. The van der Waals surface area contributed by atoms with Gasteiger partial charge in [-0.1, -0.05) is 0 Å². The minimum Gasteiger partial charge on any atom is -0.462 e. The van der Waals surface area contributed by atoms with Crippen LogP contribution in [-0.2, 0) is 14.8 Å². The minimum absolute atomic E-state index is 0.124. The Hall–Kier alpha value is -1.45. The average molecular weight is 262 g/mol. The van der Waals surface area contributed by atoms with Crippen molar-refractivity contribution in [2.24, 2.45) is 0 Å². The fourth-order valence-electron chi connectivity index (χ4n) is 1.12. The lowest BCUT2D eigenvalue weighted by atomic mass is 10.4. The SMILES string of the molecule is CCOC(=O)c1cn[nH]c1S(=O)(=O)NN(C)C. The molecule has 9 heteroatoms. The van der Waals surface area contributed by atoms with Gasteiger partial charge in [-0.15, -0.1) is 4.83 Å². The molecule has 0 radical (unpaired) electrons. The van der Waals surface area contributed by atoms with Gasteiger partial charge in [-0.3, -0.25) is 5.10 Å². The fourth-order valence-corrected chi connectivity index (χ4v) is 2.29. The van der Waals surface area contributed by atoms with Crippen molar-refractivity contribution in [3.8, 4) is 0 Å². The summed E-state index contributed by atoms with van der Waals surface area (Å²) in [7, 11) is -0.829. The first-order valence-corrected chi connectivity index (χ1v) is 6.27. The molecule has 0 saturated carbocycles. The van der Waals surface area contributed by atoms with Crippen LogP contribution in [0.5, 0.6) is 0 Å². The zero-order chi connectivity index (χ0) is 13.1. The summed E-state index contributed by atoms with van der Waals surface area (Å²) in [4.78, 5) is 13.7. The van der Waals surface area contributed by atoms with Crippen molar-refractivity contribution in [3.63, 3.8) is 0 Å². The predicted molar refractivity (Wildman–Crippen MR) is 58.6 cm³/mol. The molecule has 0 aliphatic heterocycles. The lowest BCUT2D eigenvalue weighted by molar-refractivity contribution is 0.0521. The predicted octanol–water partition coefficient (Wildman–Crippen LogP) is -0.659. The van der Waals surface area contributed by atoms with Gasteiger partial charge >= 0.3 is 5.97 Å². The monoisotopic (exact) mass is 262 g/mol. The topological polar surface area (TPSA) is 104 Å². The number of nitrogens with one attached hydrogen (secondary N) is 2. The number of carbonyl (C=O) groups is 1. The third kappa shape index (κ3) is 3.25. The molecule has 2 N–H and O–H groups in total. The number of hydrazine groups is 1.